The van der Waals surface area contributed by atoms with Crippen molar-refractivity contribution in [1.82, 2.24) is 20.4 Å². The van der Waals surface area contributed by atoms with Crippen molar-refractivity contribution in [3.63, 3.8) is 0 Å². The normalized spacial score (nSPS) is 15.9. The summed E-state index contributed by atoms with van der Waals surface area (Å²) in [5, 5.41) is 20.6. The lowest BCUT2D eigenvalue weighted by Crippen LogP contribution is -2.42. The minimum atomic E-state index is -0.448. The number of hydrogen-bond donors (Lipinski definition) is 3. The summed E-state index contributed by atoms with van der Waals surface area (Å²) < 4.78 is 6.14. The predicted octanol–water partition coefficient (Wildman–Crippen LogP) is 4.40. The topological polar surface area (TPSA) is 108 Å². The van der Waals surface area contributed by atoms with Crippen molar-refractivity contribution in [2.45, 2.75) is 44.2 Å². The Balaban J connectivity index is 1.12. The molecule has 8 heteroatoms. The zero-order valence-electron chi connectivity index (χ0n) is 21.7. The molecule has 3 aromatic carbocycles. The molecule has 2 fully saturated rings. The highest BCUT2D eigenvalue weighted by atomic mass is 16.5. The number of carbonyl (C=O) groups excluding carboxylic acids is 2. The molecular formula is C31H32N4O4. The fraction of sp³-hybridized carbons (Fsp3) is 0.323. The molecule has 200 valence electrons. The summed E-state index contributed by atoms with van der Waals surface area (Å²) in [6.45, 7) is 1.24. The van der Waals surface area contributed by atoms with Crippen LogP contribution < -0.4 is 10.1 Å². The van der Waals surface area contributed by atoms with Crippen molar-refractivity contribution in [2.24, 2.45) is 0 Å². The smallest absolute Gasteiger partial charge is 0.251 e. The SMILES string of the molecule is O=C(NCc1ccccc1C1CC1)c1ccc2[nH]nc(-c3ccc(OC4CCN(C(=O)CO)CC4)cc3)c2c1. The number of piperidine rings is 1. The van der Waals surface area contributed by atoms with E-state index in [0.717, 1.165) is 40.8 Å². The van der Waals surface area contributed by atoms with Gasteiger partial charge in [-0.2, -0.15) is 5.10 Å². The Bertz CT molecular complexity index is 1480. The maximum atomic E-state index is 13.0. The third-order valence-electron chi connectivity index (χ3n) is 7.70. The molecule has 1 aliphatic carbocycles. The van der Waals surface area contributed by atoms with Gasteiger partial charge in [0.15, 0.2) is 0 Å². The first-order valence-electron chi connectivity index (χ1n) is 13.6. The highest BCUT2D eigenvalue weighted by Gasteiger charge is 2.26. The first-order valence-corrected chi connectivity index (χ1v) is 13.6. The summed E-state index contributed by atoms with van der Waals surface area (Å²) in [6, 6.07) is 21.8. The number of carbonyl (C=O) groups is 2. The van der Waals surface area contributed by atoms with E-state index in [1.165, 1.54) is 24.0 Å². The molecule has 3 N–H and O–H groups in total. The molecule has 0 spiro atoms. The monoisotopic (exact) mass is 524 g/mol. The average molecular weight is 525 g/mol. The van der Waals surface area contributed by atoms with Crippen molar-refractivity contribution in [1.29, 1.82) is 0 Å². The van der Waals surface area contributed by atoms with Gasteiger partial charge in [0.05, 0.1) is 11.2 Å². The highest BCUT2D eigenvalue weighted by molar-refractivity contribution is 6.01. The van der Waals surface area contributed by atoms with Gasteiger partial charge in [0.2, 0.25) is 5.91 Å². The molecule has 2 heterocycles. The molecule has 1 saturated carbocycles. The first kappa shape index (κ1) is 25.1. The quantitative estimate of drug-likeness (QED) is 0.317. The summed E-state index contributed by atoms with van der Waals surface area (Å²) >= 11 is 0. The molecule has 6 rings (SSSR count). The number of hydrogen-bond acceptors (Lipinski definition) is 5. The van der Waals surface area contributed by atoms with Gasteiger partial charge < -0.3 is 20.1 Å². The number of fused-ring (bicyclic) bond motifs is 1. The lowest BCUT2D eigenvalue weighted by atomic mass is 10.0. The molecule has 0 radical (unpaired) electrons. The fourth-order valence-corrected chi connectivity index (χ4v) is 5.35. The molecule has 1 aromatic heterocycles. The lowest BCUT2D eigenvalue weighted by Gasteiger charge is -2.31. The van der Waals surface area contributed by atoms with E-state index in [1.807, 2.05) is 48.5 Å². The van der Waals surface area contributed by atoms with Crippen LogP contribution in [0.15, 0.2) is 66.7 Å². The molecule has 2 aliphatic rings. The molecular weight excluding hydrogens is 492 g/mol. The molecule has 39 heavy (non-hydrogen) atoms. The van der Waals surface area contributed by atoms with Crippen LogP contribution in [-0.4, -0.2) is 57.8 Å². The van der Waals surface area contributed by atoms with Crippen LogP contribution in [-0.2, 0) is 11.3 Å². The van der Waals surface area contributed by atoms with E-state index in [2.05, 4.69) is 33.7 Å². The first-order chi connectivity index (χ1) is 19.1. The molecule has 8 nitrogen and oxygen atoms in total. The fourth-order valence-electron chi connectivity index (χ4n) is 5.35. The summed E-state index contributed by atoms with van der Waals surface area (Å²) in [7, 11) is 0. The van der Waals surface area contributed by atoms with E-state index in [1.54, 1.807) is 4.90 Å². The van der Waals surface area contributed by atoms with Gasteiger partial charge in [0.25, 0.3) is 5.91 Å². The Morgan fingerprint density at radius 3 is 2.51 bits per heavy atom. The maximum absolute atomic E-state index is 13.0. The second kappa shape index (κ2) is 10.9. The summed E-state index contributed by atoms with van der Waals surface area (Å²) in [5.74, 6) is 1.06. The van der Waals surface area contributed by atoms with Crippen molar-refractivity contribution >= 4 is 22.7 Å². The van der Waals surface area contributed by atoms with E-state index in [4.69, 9.17) is 9.84 Å². The zero-order valence-corrected chi connectivity index (χ0v) is 21.7. The van der Waals surface area contributed by atoms with Crippen molar-refractivity contribution in [3.8, 4) is 17.0 Å². The van der Waals surface area contributed by atoms with Crippen LogP contribution in [0.4, 0.5) is 0 Å². The average Bonchev–Trinajstić information content (AvgIpc) is 3.75. The minimum Gasteiger partial charge on any atom is -0.490 e. The van der Waals surface area contributed by atoms with Crippen LogP contribution in [0.5, 0.6) is 5.75 Å². The number of aliphatic hydroxyl groups is 1. The van der Waals surface area contributed by atoms with Crippen molar-refractivity contribution in [3.05, 3.63) is 83.4 Å². The van der Waals surface area contributed by atoms with E-state index in [-0.39, 0.29) is 17.9 Å². The third-order valence-corrected chi connectivity index (χ3v) is 7.70. The Hall–Kier alpha value is -4.17. The van der Waals surface area contributed by atoms with E-state index in [0.29, 0.717) is 31.1 Å². The van der Waals surface area contributed by atoms with E-state index < -0.39 is 6.61 Å². The predicted molar refractivity (Wildman–Crippen MR) is 148 cm³/mol. The highest BCUT2D eigenvalue weighted by Crippen LogP contribution is 2.41. The van der Waals surface area contributed by atoms with Gasteiger partial charge in [-0.25, -0.2) is 0 Å². The number of amides is 2. The van der Waals surface area contributed by atoms with Crippen molar-refractivity contribution < 1.29 is 19.4 Å². The summed E-state index contributed by atoms with van der Waals surface area (Å²) in [6.07, 6.45) is 3.95. The number of aliphatic hydroxyl groups excluding tert-OH is 1. The number of benzene rings is 3. The van der Waals surface area contributed by atoms with Gasteiger partial charge in [-0.1, -0.05) is 24.3 Å². The number of ether oxygens (including phenoxy) is 1. The Morgan fingerprint density at radius 1 is 1.00 bits per heavy atom. The van der Waals surface area contributed by atoms with E-state index >= 15 is 0 Å². The second-order valence-electron chi connectivity index (χ2n) is 10.4. The van der Waals surface area contributed by atoms with E-state index in [9.17, 15) is 9.59 Å². The number of aromatic amines is 1. The Labute approximate surface area is 227 Å². The largest absolute Gasteiger partial charge is 0.490 e. The van der Waals surface area contributed by atoms with Crippen LogP contribution >= 0.6 is 0 Å². The van der Waals surface area contributed by atoms with Crippen LogP contribution in [0, 0.1) is 0 Å². The molecule has 4 aromatic rings. The van der Waals surface area contributed by atoms with Gasteiger partial charge in [-0.3, -0.25) is 14.7 Å². The number of nitrogens with one attached hydrogen (secondary N) is 2. The Morgan fingerprint density at radius 2 is 1.77 bits per heavy atom. The zero-order chi connectivity index (χ0) is 26.8. The molecule has 1 aliphatic heterocycles. The lowest BCUT2D eigenvalue weighted by molar-refractivity contribution is -0.135. The minimum absolute atomic E-state index is 0.0297. The third kappa shape index (κ3) is 5.52. The molecule has 0 bridgehead atoms. The number of likely N-dealkylation sites (tertiary alicyclic amines) is 1. The summed E-state index contributed by atoms with van der Waals surface area (Å²) in [4.78, 5) is 26.4. The van der Waals surface area contributed by atoms with Gasteiger partial charge in [-0.05, 0) is 72.4 Å². The maximum Gasteiger partial charge on any atom is 0.251 e. The van der Waals surface area contributed by atoms with Crippen molar-refractivity contribution in [2.75, 3.05) is 19.7 Å². The van der Waals surface area contributed by atoms with Crippen LogP contribution in [0.1, 0.15) is 53.1 Å². The molecule has 2 amide bonds. The molecule has 0 unspecified atom stereocenters. The second-order valence-corrected chi connectivity index (χ2v) is 10.4. The number of aromatic nitrogens is 2. The summed E-state index contributed by atoms with van der Waals surface area (Å²) in [5.41, 5.74) is 5.70. The number of rotatable bonds is 8. The Kier molecular flexibility index (Phi) is 7.02. The van der Waals surface area contributed by atoms with Gasteiger partial charge in [0.1, 0.15) is 18.5 Å². The number of nitrogens with zero attached hydrogens (tertiary/aromatic N) is 2. The van der Waals surface area contributed by atoms with Crippen LogP contribution in [0.25, 0.3) is 22.2 Å². The van der Waals surface area contributed by atoms with Crippen LogP contribution in [0.2, 0.25) is 0 Å². The number of H-pyrrole nitrogens is 1. The van der Waals surface area contributed by atoms with Gasteiger partial charge in [-0.15, -0.1) is 0 Å². The standard InChI is InChI=1S/C31H32N4O4/c36-19-29(37)35-15-13-25(14-16-35)39-24-10-7-21(8-11-24)30-27-17-22(9-12-28(27)33-34-30)31(38)32-18-23-3-1-2-4-26(23)20-5-6-20/h1-4,7-12,17,20,25,36H,5-6,13-16,18-19H2,(H,32,38)(H,33,34). The molecule has 1 saturated heterocycles. The molecule has 0 atom stereocenters. The van der Waals surface area contributed by atoms with Gasteiger partial charge in [0, 0.05) is 49.0 Å². The van der Waals surface area contributed by atoms with Crippen LogP contribution in [0.3, 0.4) is 0 Å². The van der Waals surface area contributed by atoms with Gasteiger partial charge >= 0.3 is 0 Å².